The van der Waals surface area contributed by atoms with Crippen molar-refractivity contribution in [3.05, 3.63) is 46.9 Å². The van der Waals surface area contributed by atoms with Crippen LogP contribution in [0.5, 0.6) is 0 Å². The number of nitrogens with one attached hydrogen (secondary N) is 2. The van der Waals surface area contributed by atoms with Crippen molar-refractivity contribution in [1.29, 1.82) is 0 Å². The Bertz CT molecular complexity index is 1280. The number of nitrogens with zero attached hydrogens (tertiary/aromatic N) is 3. The van der Waals surface area contributed by atoms with Crippen molar-refractivity contribution in [1.82, 2.24) is 19.1 Å². The fourth-order valence-corrected chi connectivity index (χ4v) is 5.85. The molecule has 2 N–H and O–H groups in total. The molecule has 8 nitrogen and oxygen atoms in total. The van der Waals surface area contributed by atoms with Crippen LogP contribution in [-0.2, 0) is 10.0 Å². The molecule has 0 aliphatic heterocycles. The highest BCUT2D eigenvalue weighted by Crippen LogP contribution is 2.32. The van der Waals surface area contributed by atoms with Crippen LogP contribution in [0.4, 0.5) is 11.5 Å². The molecule has 0 atom stereocenters. The summed E-state index contributed by atoms with van der Waals surface area (Å²) in [5.74, 6) is 0.485. The van der Waals surface area contributed by atoms with Crippen LogP contribution in [0.25, 0.3) is 10.9 Å². The number of anilines is 2. The lowest BCUT2D eigenvalue weighted by Crippen LogP contribution is -2.42. The van der Waals surface area contributed by atoms with E-state index in [-0.39, 0.29) is 16.5 Å². The van der Waals surface area contributed by atoms with Gasteiger partial charge in [0.1, 0.15) is 5.39 Å². The molecule has 0 radical (unpaired) electrons. The van der Waals surface area contributed by atoms with Crippen LogP contribution < -0.4 is 10.9 Å². The second-order valence-electron chi connectivity index (χ2n) is 9.80. The number of hydrogen-bond acceptors (Lipinski definition) is 5. The van der Waals surface area contributed by atoms with E-state index in [1.807, 2.05) is 31.5 Å². The van der Waals surface area contributed by atoms with Crippen molar-refractivity contribution in [3.63, 3.8) is 0 Å². The van der Waals surface area contributed by atoms with Crippen LogP contribution in [-0.4, -0.2) is 40.1 Å². The summed E-state index contributed by atoms with van der Waals surface area (Å²) in [6.45, 7) is 5.56. The van der Waals surface area contributed by atoms with Crippen molar-refractivity contribution in [2.45, 2.75) is 75.8 Å². The molecule has 2 heterocycles. The third kappa shape index (κ3) is 4.70. The van der Waals surface area contributed by atoms with Gasteiger partial charge in [0.25, 0.3) is 5.56 Å². The van der Waals surface area contributed by atoms with E-state index in [1.54, 1.807) is 37.5 Å². The summed E-state index contributed by atoms with van der Waals surface area (Å²) < 4.78 is 29.2. The molecule has 4 rings (SSSR count). The van der Waals surface area contributed by atoms with Crippen LogP contribution >= 0.6 is 0 Å². The molecule has 1 aromatic carbocycles. The van der Waals surface area contributed by atoms with Gasteiger partial charge in [-0.1, -0.05) is 25.7 Å². The zero-order valence-corrected chi connectivity index (χ0v) is 20.6. The van der Waals surface area contributed by atoms with Gasteiger partial charge in [0.2, 0.25) is 10.0 Å². The highest BCUT2D eigenvalue weighted by molar-refractivity contribution is 7.89. The predicted octanol–water partition coefficient (Wildman–Crippen LogP) is 4.78. The van der Waals surface area contributed by atoms with Crippen molar-refractivity contribution in [3.8, 4) is 0 Å². The molecule has 2 aromatic heterocycles. The maximum atomic E-state index is 12.9. The van der Waals surface area contributed by atoms with Gasteiger partial charge in [-0.05, 0) is 63.9 Å². The number of sulfonamides is 1. The Labute approximate surface area is 195 Å². The van der Waals surface area contributed by atoms with Crippen LogP contribution in [0.3, 0.4) is 0 Å². The number of fused-ring (bicyclic) bond motifs is 1. The van der Waals surface area contributed by atoms with Gasteiger partial charge in [-0.2, -0.15) is 9.40 Å². The molecule has 0 unspecified atom stereocenters. The van der Waals surface area contributed by atoms with E-state index in [9.17, 15) is 13.2 Å². The molecule has 1 fully saturated rings. The van der Waals surface area contributed by atoms with Crippen molar-refractivity contribution in [2.24, 2.45) is 0 Å². The number of H-pyrrole nitrogens is 1. The Morgan fingerprint density at radius 3 is 2.30 bits per heavy atom. The third-order valence-electron chi connectivity index (χ3n) is 6.52. The van der Waals surface area contributed by atoms with E-state index < -0.39 is 15.6 Å². The highest BCUT2D eigenvalue weighted by atomic mass is 32.2. The topological polar surface area (TPSA) is 100 Å². The molecule has 9 heteroatoms. The van der Waals surface area contributed by atoms with Crippen molar-refractivity contribution in [2.75, 3.05) is 12.4 Å². The smallest absolute Gasteiger partial charge is 0.261 e. The van der Waals surface area contributed by atoms with E-state index in [2.05, 4.69) is 10.3 Å². The quantitative estimate of drug-likeness (QED) is 0.522. The first-order valence-electron chi connectivity index (χ1n) is 11.5. The normalized spacial score (nSPS) is 16.3. The molecular weight excluding hydrogens is 438 g/mol. The van der Waals surface area contributed by atoms with Crippen LogP contribution in [0.2, 0.25) is 0 Å². The van der Waals surface area contributed by atoms with E-state index in [0.29, 0.717) is 16.9 Å². The number of aromatic nitrogens is 3. The molecule has 33 heavy (non-hydrogen) atoms. The molecule has 1 aliphatic carbocycles. The minimum Gasteiger partial charge on any atom is -0.338 e. The SMILES string of the molecule is CN(C(C)(C)C)S(=O)(=O)c1ccc(Nc2nn(C3CCCCCC3)c3cc[nH]c(=O)c23)cc1. The van der Waals surface area contributed by atoms with Gasteiger partial charge in [0, 0.05) is 24.5 Å². The molecule has 3 aromatic rings. The standard InChI is InChI=1S/C24H33N5O3S/c1-24(2,3)28(4)33(31,32)19-13-11-17(12-14-19)26-22-21-20(15-16-25-23(21)30)29(27-22)18-9-7-5-6-8-10-18/h11-16,18H,5-10H2,1-4H3,(H,25,30)(H,26,27). The summed E-state index contributed by atoms with van der Waals surface area (Å²) in [5, 5.41) is 8.56. The summed E-state index contributed by atoms with van der Waals surface area (Å²) in [7, 11) is -2.03. The summed E-state index contributed by atoms with van der Waals surface area (Å²) in [5.41, 5.74) is 0.767. The Hall–Kier alpha value is -2.65. The van der Waals surface area contributed by atoms with Gasteiger partial charge in [0.05, 0.1) is 16.5 Å². The molecule has 1 saturated carbocycles. The summed E-state index contributed by atoms with van der Waals surface area (Å²) in [4.78, 5) is 15.6. The number of pyridine rings is 1. The fraction of sp³-hybridized carbons (Fsp3) is 0.500. The fourth-order valence-electron chi connectivity index (χ4n) is 4.33. The van der Waals surface area contributed by atoms with Gasteiger partial charge in [-0.25, -0.2) is 8.42 Å². The Kier molecular flexibility index (Phi) is 6.37. The number of rotatable bonds is 5. The number of hydrogen-bond donors (Lipinski definition) is 2. The average Bonchev–Trinajstić information content (AvgIpc) is 2.94. The largest absolute Gasteiger partial charge is 0.338 e. The minimum atomic E-state index is -3.61. The molecule has 0 amide bonds. The highest BCUT2D eigenvalue weighted by Gasteiger charge is 2.30. The molecule has 0 spiro atoms. The Morgan fingerprint density at radius 1 is 1.06 bits per heavy atom. The summed E-state index contributed by atoms with van der Waals surface area (Å²) in [6, 6.07) is 8.74. The van der Waals surface area contributed by atoms with Crippen LogP contribution in [0.15, 0.2) is 46.2 Å². The molecule has 0 saturated heterocycles. The predicted molar refractivity (Wildman–Crippen MR) is 132 cm³/mol. The third-order valence-corrected chi connectivity index (χ3v) is 8.66. The van der Waals surface area contributed by atoms with E-state index in [1.165, 1.54) is 17.1 Å². The second kappa shape index (κ2) is 8.95. The second-order valence-corrected chi connectivity index (χ2v) is 11.8. The number of aromatic amines is 1. The van der Waals surface area contributed by atoms with Gasteiger partial charge in [0.15, 0.2) is 5.82 Å². The molecular formula is C24H33N5O3S. The first-order valence-corrected chi connectivity index (χ1v) is 13.0. The monoisotopic (exact) mass is 471 g/mol. The van der Waals surface area contributed by atoms with E-state index in [4.69, 9.17) is 5.10 Å². The minimum absolute atomic E-state index is 0.194. The van der Waals surface area contributed by atoms with Crippen molar-refractivity contribution >= 4 is 32.4 Å². The van der Waals surface area contributed by atoms with Gasteiger partial charge in [-0.3, -0.25) is 9.48 Å². The molecule has 178 valence electrons. The molecule has 1 aliphatic rings. The lowest BCUT2D eigenvalue weighted by atomic mass is 10.1. The number of benzene rings is 1. The van der Waals surface area contributed by atoms with Gasteiger partial charge in [-0.15, -0.1) is 0 Å². The Morgan fingerprint density at radius 2 is 1.70 bits per heavy atom. The van der Waals surface area contributed by atoms with E-state index >= 15 is 0 Å². The first kappa shape index (κ1) is 23.5. The maximum Gasteiger partial charge on any atom is 0.261 e. The van der Waals surface area contributed by atoms with Crippen molar-refractivity contribution < 1.29 is 8.42 Å². The van der Waals surface area contributed by atoms with Crippen LogP contribution in [0, 0.1) is 0 Å². The zero-order valence-electron chi connectivity index (χ0n) is 19.8. The molecule has 0 bridgehead atoms. The average molecular weight is 472 g/mol. The van der Waals surface area contributed by atoms with Gasteiger partial charge < -0.3 is 10.3 Å². The summed E-state index contributed by atoms with van der Waals surface area (Å²) in [6.07, 6.45) is 8.57. The van der Waals surface area contributed by atoms with Gasteiger partial charge >= 0.3 is 0 Å². The lowest BCUT2D eigenvalue weighted by molar-refractivity contribution is 0.292. The lowest BCUT2D eigenvalue weighted by Gasteiger charge is -2.30. The first-order chi connectivity index (χ1) is 15.6. The van der Waals surface area contributed by atoms with E-state index in [0.717, 1.165) is 31.2 Å². The maximum absolute atomic E-state index is 12.9. The van der Waals surface area contributed by atoms with Crippen LogP contribution in [0.1, 0.15) is 65.3 Å². The zero-order chi connectivity index (χ0) is 23.8. The summed E-state index contributed by atoms with van der Waals surface area (Å²) >= 11 is 0. The Balaban J connectivity index is 1.66.